The number of alkyl halides is 9. The first-order valence-corrected chi connectivity index (χ1v) is 13.2. The summed E-state index contributed by atoms with van der Waals surface area (Å²) in [5.41, 5.74) is 2.27. The van der Waals surface area contributed by atoms with Gasteiger partial charge in [0.05, 0.1) is 23.4 Å². The molecule has 2 fully saturated rings. The number of hydrogen-bond donors (Lipinski definition) is 3. The van der Waals surface area contributed by atoms with Crippen molar-refractivity contribution >= 4 is 29.2 Å². The first-order valence-electron chi connectivity index (χ1n) is 12.3. The van der Waals surface area contributed by atoms with Crippen molar-refractivity contribution in [3.05, 3.63) is 46.2 Å². The van der Waals surface area contributed by atoms with Gasteiger partial charge >= 0.3 is 36.4 Å². The molecule has 3 N–H and O–H groups in total. The summed E-state index contributed by atoms with van der Waals surface area (Å²) in [7, 11) is 0. The van der Waals surface area contributed by atoms with Crippen LogP contribution in [0.5, 0.6) is 0 Å². The topological polar surface area (TPSA) is 159 Å². The lowest BCUT2D eigenvalue weighted by Gasteiger charge is -2.32. The summed E-state index contributed by atoms with van der Waals surface area (Å²) in [4.78, 5) is 37.9. The zero-order chi connectivity index (χ0) is 34.6. The van der Waals surface area contributed by atoms with Crippen LogP contribution in [0.25, 0.3) is 0 Å². The number of pyridine rings is 1. The fourth-order valence-corrected chi connectivity index (χ4v) is 4.32. The van der Waals surface area contributed by atoms with E-state index >= 15 is 0 Å². The highest BCUT2D eigenvalue weighted by molar-refractivity contribution is 7.09. The molecule has 45 heavy (non-hydrogen) atoms. The second kappa shape index (κ2) is 17.2. The van der Waals surface area contributed by atoms with E-state index in [1.54, 1.807) is 11.3 Å². The van der Waals surface area contributed by atoms with Crippen LogP contribution in [0, 0.1) is 6.92 Å². The fraction of sp³-hybridized carbons (Fsp3) is 0.542. The van der Waals surface area contributed by atoms with Gasteiger partial charge in [-0.05, 0) is 31.4 Å². The molecule has 0 aromatic carbocycles. The Kier molecular flexibility index (Phi) is 15.1. The van der Waals surface area contributed by atoms with Crippen molar-refractivity contribution in [1.29, 1.82) is 0 Å². The minimum atomic E-state index is -5.08. The van der Waals surface area contributed by atoms with Gasteiger partial charge in [0.15, 0.2) is 0 Å². The molecule has 21 heteroatoms. The summed E-state index contributed by atoms with van der Waals surface area (Å²) in [6, 6.07) is 4.58. The Hall–Kier alpha value is -3.56. The van der Waals surface area contributed by atoms with Gasteiger partial charge in [-0.25, -0.2) is 19.4 Å². The molecule has 2 aliphatic rings. The van der Waals surface area contributed by atoms with Crippen molar-refractivity contribution in [3.63, 3.8) is 0 Å². The van der Waals surface area contributed by atoms with Crippen molar-refractivity contribution in [2.75, 3.05) is 13.2 Å². The average Bonchev–Trinajstić information content (AvgIpc) is 3.50. The second-order valence-electron chi connectivity index (χ2n) is 8.95. The number of likely N-dealkylation sites (tertiary alicyclic amines) is 1. The van der Waals surface area contributed by atoms with E-state index in [0.29, 0.717) is 12.6 Å². The lowest BCUT2D eigenvalue weighted by molar-refractivity contribution is -0.193. The molecular formula is C24H26F9N3O8S. The first-order chi connectivity index (χ1) is 20.6. The van der Waals surface area contributed by atoms with Crippen molar-refractivity contribution < 1.29 is 78.7 Å². The third-order valence-corrected chi connectivity index (χ3v) is 6.35. The smallest absolute Gasteiger partial charge is 0.475 e. The number of fused-ring (bicyclic) bond motifs is 1. The lowest BCUT2D eigenvalue weighted by atomic mass is 10.0. The van der Waals surface area contributed by atoms with Gasteiger partial charge in [0.1, 0.15) is 6.10 Å². The van der Waals surface area contributed by atoms with Crippen LogP contribution >= 0.6 is 11.3 Å². The van der Waals surface area contributed by atoms with E-state index < -0.39 is 36.4 Å². The molecule has 0 radical (unpaired) electrons. The molecule has 0 bridgehead atoms. The highest BCUT2D eigenvalue weighted by atomic mass is 32.1. The third-order valence-electron chi connectivity index (χ3n) is 5.53. The zero-order valence-corrected chi connectivity index (χ0v) is 23.7. The molecule has 3 atom stereocenters. The van der Waals surface area contributed by atoms with Gasteiger partial charge in [-0.1, -0.05) is 6.07 Å². The molecule has 0 unspecified atom stereocenters. The van der Waals surface area contributed by atoms with Gasteiger partial charge in [0, 0.05) is 43.5 Å². The van der Waals surface area contributed by atoms with E-state index in [1.165, 1.54) is 12.0 Å². The van der Waals surface area contributed by atoms with E-state index in [4.69, 9.17) is 39.2 Å². The van der Waals surface area contributed by atoms with Crippen LogP contribution in [-0.2, 0) is 37.0 Å². The van der Waals surface area contributed by atoms with Crippen LogP contribution in [-0.4, -0.2) is 98.0 Å². The molecule has 2 aromatic heterocycles. The zero-order valence-electron chi connectivity index (χ0n) is 22.9. The van der Waals surface area contributed by atoms with Crippen molar-refractivity contribution in [3.8, 4) is 0 Å². The number of nitrogens with zero attached hydrogens (tertiary/aromatic N) is 3. The summed E-state index contributed by atoms with van der Waals surface area (Å²) in [5, 5.41) is 24.5. The van der Waals surface area contributed by atoms with Crippen LogP contribution in [0.1, 0.15) is 29.1 Å². The molecule has 0 aliphatic carbocycles. The van der Waals surface area contributed by atoms with E-state index in [1.807, 2.05) is 25.4 Å². The number of thiazole rings is 1. The van der Waals surface area contributed by atoms with Gasteiger partial charge in [-0.2, -0.15) is 39.5 Å². The molecule has 2 aromatic rings. The number of hydrogen-bond acceptors (Lipinski definition) is 9. The number of carbonyl (C=O) groups is 3. The largest absolute Gasteiger partial charge is 0.490 e. The summed E-state index contributed by atoms with van der Waals surface area (Å²) in [5.74, 6) is -8.27. The molecule has 0 amide bonds. The normalized spacial score (nSPS) is 19.8. The summed E-state index contributed by atoms with van der Waals surface area (Å²) in [6.45, 7) is 5.26. The van der Waals surface area contributed by atoms with E-state index in [-0.39, 0.29) is 12.2 Å². The molecule has 0 spiro atoms. The maximum absolute atomic E-state index is 10.6. The molecule has 4 heterocycles. The lowest BCUT2D eigenvalue weighted by Crippen LogP contribution is -2.41. The molecule has 11 nitrogen and oxygen atoms in total. The molecule has 2 saturated heterocycles. The first kappa shape index (κ1) is 39.5. The Morgan fingerprint density at radius 3 is 1.96 bits per heavy atom. The molecule has 2 aliphatic heterocycles. The summed E-state index contributed by atoms with van der Waals surface area (Å²) < 4.78 is 107. The summed E-state index contributed by atoms with van der Waals surface area (Å²) >= 11 is 1.67. The standard InChI is InChI=1S/C18H23N3O2S.3C2HF3O2/c1-13-20-15(12-24-13)11-23-17-10-21(9-14-4-2-6-19-8-14)16-5-3-7-22-18(16)17;3*3-2(4,5)1(6)7/h2,4,6,8,12,16-18H,3,5,7,9-11H2,1H3;3*(H,6,7)/t16-,17+,18+;;;/m1.../s1. The van der Waals surface area contributed by atoms with Gasteiger partial charge in [0.2, 0.25) is 0 Å². The summed E-state index contributed by atoms with van der Waals surface area (Å²) in [6.07, 6.45) is -8.88. The highest BCUT2D eigenvalue weighted by Crippen LogP contribution is 2.32. The maximum atomic E-state index is 10.6. The van der Waals surface area contributed by atoms with Gasteiger partial charge < -0.3 is 24.8 Å². The SMILES string of the molecule is Cc1nc(CO[C@H]2CN(Cc3cccnc3)[C@@H]3CCCO[C@H]23)cs1.O=C(O)C(F)(F)F.O=C(O)C(F)(F)F.O=C(O)C(F)(F)F. The number of halogens is 9. The monoisotopic (exact) mass is 687 g/mol. The Morgan fingerprint density at radius 1 is 1.00 bits per heavy atom. The van der Waals surface area contributed by atoms with E-state index in [2.05, 4.69) is 26.3 Å². The number of ether oxygens (including phenoxy) is 2. The van der Waals surface area contributed by atoms with Crippen LogP contribution in [0.15, 0.2) is 29.9 Å². The van der Waals surface area contributed by atoms with Crippen molar-refractivity contribution in [2.24, 2.45) is 0 Å². The molecule has 0 saturated carbocycles. The van der Waals surface area contributed by atoms with Gasteiger partial charge in [0.25, 0.3) is 0 Å². The van der Waals surface area contributed by atoms with Crippen LogP contribution in [0.3, 0.4) is 0 Å². The van der Waals surface area contributed by atoms with Gasteiger partial charge in [-0.3, -0.25) is 9.88 Å². The molecule has 254 valence electrons. The Labute approximate surface area is 252 Å². The maximum Gasteiger partial charge on any atom is 0.490 e. The quantitative estimate of drug-likeness (QED) is 0.374. The van der Waals surface area contributed by atoms with Crippen molar-refractivity contribution in [1.82, 2.24) is 14.9 Å². The molecular weight excluding hydrogens is 661 g/mol. The van der Waals surface area contributed by atoms with Crippen LogP contribution in [0.4, 0.5) is 39.5 Å². The van der Waals surface area contributed by atoms with Gasteiger partial charge in [-0.15, -0.1) is 11.3 Å². The van der Waals surface area contributed by atoms with E-state index in [9.17, 15) is 39.5 Å². The second-order valence-corrected chi connectivity index (χ2v) is 10.0. The number of aryl methyl sites for hydroxylation is 1. The van der Waals surface area contributed by atoms with Crippen molar-refractivity contribution in [2.45, 2.75) is 69.7 Å². The minimum absolute atomic E-state index is 0.119. The highest BCUT2D eigenvalue weighted by Gasteiger charge is 2.44. The Bertz CT molecular complexity index is 1170. The van der Waals surface area contributed by atoms with Crippen LogP contribution in [0.2, 0.25) is 0 Å². The fourth-order valence-electron chi connectivity index (χ4n) is 3.73. The number of aliphatic carboxylic acids is 3. The predicted molar refractivity (Wildman–Crippen MR) is 134 cm³/mol. The number of rotatable bonds is 5. The third kappa shape index (κ3) is 14.8. The number of carboxylic acid groups (broad SMARTS) is 3. The average molecular weight is 688 g/mol. The van der Waals surface area contributed by atoms with E-state index in [0.717, 1.165) is 36.8 Å². The van der Waals surface area contributed by atoms with Crippen LogP contribution < -0.4 is 0 Å². The Morgan fingerprint density at radius 2 is 1.53 bits per heavy atom. The number of aromatic nitrogens is 2. The minimum Gasteiger partial charge on any atom is -0.475 e. The Balaban J connectivity index is 0.000000396. The molecule has 4 rings (SSSR count). The number of carboxylic acids is 3. The predicted octanol–water partition coefficient (Wildman–Crippen LogP) is 4.70.